The fourth-order valence-electron chi connectivity index (χ4n) is 2.33. The molecule has 1 aliphatic heterocycles. The number of carboxylic acids is 1. The molecule has 1 unspecified atom stereocenters. The maximum absolute atomic E-state index is 12.0. The van der Waals surface area contributed by atoms with Crippen LogP contribution in [0.2, 0.25) is 0 Å². The molecule has 2 rings (SSSR count). The van der Waals surface area contributed by atoms with Crippen LogP contribution < -0.4 is 4.90 Å². The van der Waals surface area contributed by atoms with Crippen LogP contribution in [0.5, 0.6) is 0 Å². The van der Waals surface area contributed by atoms with E-state index < -0.39 is 5.97 Å². The Morgan fingerprint density at radius 1 is 1.33 bits per heavy atom. The van der Waals surface area contributed by atoms with E-state index in [0.29, 0.717) is 19.4 Å². The van der Waals surface area contributed by atoms with Crippen molar-refractivity contribution in [1.29, 1.82) is 0 Å². The second-order valence-corrected chi connectivity index (χ2v) is 6.48. The number of anilines is 1. The number of thioether (sulfide) groups is 1. The fraction of sp³-hybridized carbons (Fsp3) is 0.400. The zero-order valence-electron chi connectivity index (χ0n) is 11.7. The summed E-state index contributed by atoms with van der Waals surface area (Å²) in [5.41, 5.74) is 1.73. The van der Waals surface area contributed by atoms with Crippen molar-refractivity contribution in [3.8, 4) is 0 Å². The Hall–Kier alpha value is -1.82. The van der Waals surface area contributed by atoms with Crippen molar-refractivity contribution in [3.05, 3.63) is 29.8 Å². The molecule has 0 aromatic heterocycles. The van der Waals surface area contributed by atoms with E-state index in [1.54, 1.807) is 4.90 Å². The van der Waals surface area contributed by atoms with Gasteiger partial charge in [0, 0.05) is 37.2 Å². The largest absolute Gasteiger partial charge is 0.481 e. The third kappa shape index (κ3) is 4.32. The molecule has 1 heterocycles. The molecule has 1 fully saturated rings. The first-order valence-electron chi connectivity index (χ1n) is 6.74. The van der Waals surface area contributed by atoms with Crippen LogP contribution in [0.3, 0.4) is 0 Å². The van der Waals surface area contributed by atoms with E-state index in [-0.39, 0.29) is 22.7 Å². The maximum atomic E-state index is 12.0. The van der Waals surface area contributed by atoms with Gasteiger partial charge in [-0.25, -0.2) is 0 Å². The van der Waals surface area contributed by atoms with Crippen LogP contribution in [0.15, 0.2) is 24.3 Å². The van der Waals surface area contributed by atoms with Crippen LogP contribution in [0.1, 0.15) is 25.3 Å². The number of carboxylic acid groups (broad SMARTS) is 1. The average Bonchev–Trinajstić information content (AvgIpc) is 2.77. The Labute approximate surface area is 127 Å². The highest BCUT2D eigenvalue weighted by Crippen LogP contribution is 2.28. The molecule has 1 aromatic carbocycles. The zero-order chi connectivity index (χ0) is 15.4. The smallest absolute Gasteiger partial charge is 0.303 e. The van der Waals surface area contributed by atoms with Crippen LogP contribution in [0, 0.1) is 0 Å². The predicted molar refractivity (Wildman–Crippen MR) is 81.4 cm³/mol. The Balaban J connectivity index is 2.00. The monoisotopic (exact) mass is 307 g/mol. The Morgan fingerprint density at radius 3 is 2.57 bits per heavy atom. The molecule has 6 heteroatoms. The summed E-state index contributed by atoms with van der Waals surface area (Å²) in [6.07, 6.45) is 0.955. The summed E-state index contributed by atoms with van der Waals surface area (Å²) >= 11 is 1.21. The highest BCUT2D eigenvalue weighted by molar-refractivity contribution is 8.14. The molecule has 0 aliphatic carbocycles. The summed E-state index contributed by atoms with van der Waals surface area (Å²) in [6.45, 7) is 2.05. The van der Waals surface area contributed by atoms with Gasteiger partial charge in [0.25, 0.3) is 0 Å². The number of hydrogen-bond acceptors (Lipinski definition) is 4. The molecule has 1 N–H and O–H groups in total. The lowest BCUT2D eigenvalue weighted by atomic mass is 10.1. The quantitative estimate of drug-likeness (QED) is 0.901. The molecule has 0 saturated carbocycles. The summed E-state index contributed by atoms with van der Waals surface area (Å²) in [5, 5.41) is 8.70. The third-order valence-electron chi connectivity index (χ3n) is 3.30. The third-order valence-corrected chi connectivity index (χ3v) is 4.28. The van der Waals surface area contributed by atoms with Crippen molar-refractivity contribution < 1.29 is 19.5 Å². The zero-order valence-corrected chi connectivity index (χ0v) is 12.6. The SMILES string of the molecule is CC(=O)SC1CC(=O)N(c2ccc(CCC(=O)O)cc2)C1. The molecule has 112 valence electrons. The standard InChI is InChI=1S/C15H17NO4S/c1-10(17)21-13-8-14(18)16(9-13)12-5-2-11(3-6-12)4-7-15(19)20/h2-3,5-6,13H,4,7-9H2,1H3,(H,19,20). The van der Waals surface area contributed by atoms with Crippen molar-refractivity contribution in [2.24, 2.45) is 0 Å². The van der Waals surface area contributed by atoms with Crippen LogP contribution in [-0.2, 0) is 20.8 Å². The van der Waals surface area contributed by atoms with E-state index in [9.17, 15) is 14.4 Å². The van der Waals surface area contributed by atoms with E-state index in [0.717, 1.165) is 11.3 Å². The van der Waals surface area contributed by atoms with Gasteiger partial charge in [0.05, 0.1) is 0 Å². The molecule has 5 nitrogen and oxygen atoms in total. The van der Waals surface area contributed by atoms with Gasteiger partial charge in [-0.1, -0.05) is 23.9 Å². The van der Waals surface area contributed by atoms with Gasteiger partial charge in [-0.2, -0.15) is 0 Å². The molecule has 0 radical (unpaired) electrons. The predicted octanol–water partition coefficient (Wildman–Crippen LogP) is 2.09. The van der Waals surface area contributed by atoms with Gasteiger partial charge in [-0.3, -0.25) is 14.4 Å². The molecular formula is C15H17NO4S. The minimum Gasteiger partial charge on any atom is -0.481 e. The van der Waals surface area contributed by atoms with Gasteiger partial charge >= 0.3 is 5.97 Å². The summed E-state index contributed by atoms with van der Waals surface area (Å²) < 4.78 is 0. The number of rotatable bonds is 5. The molecule has 0 bridgehead atoms. The Bertz CT molecular complexity index is 555. The number of aryl methyl sites for hydroxylation is 1. The number of carbonyl (C=O) groups is 3. The van der Waals surface area contributed by atoms with E-state index in [2.05, 4.69) is 0 Å². The van der Waals surface area contributed by atoms with E-state index in [4.69, 9.17) is 5.11 Å². The van der Waals surface area contributed by atoms with Gasteiger partial charge < -0.3 is 10.0 Å². The average molecular weight is 307 g/mol. The molecule has 1 saturated heterocycles. The molecule has 1 amide bonds. The van der Waals surface area contributed by atoms with Gasteiger partial charge in [-0.05, 0) is 24.1 Å². The second-order valence-electron chi connectivity index (χ2n) is 5.00. The van der Waals surface area contributed by atoms with E-state index in [1.807, 2.05) is 24.3 Å². The number of carbonyl (C=O) groups excluding carboxylic acids is 2. The topological polar surface area (TPSA) is 74.7 Å². The van der Waals surface area contributed by atoms with Gasteiger partial charge in [0.15, 0.2) is 5.12 Å². The summed E-state index contributed by atoms with van der Waals surface area (Å²) in [6, 6.07) is 7.35. The first-order chi connectivity index (χ1) is 9.95. The second kappa shape index (κ2) is 6.76. The summed E-state index contributed by atoms with van der Waals surface area (Å²) in [4.78, 5) is 35.3. The lowest BCUT2D eigenvalue weighted by Crippen LogP contribution is -2.24. The molecular weight excluding hydrogens is 290 g/mol. The van der Waals surface area contributed by atoms with Crippen LogP contribution in [-0.4, -0.2) is 33.9 Å². The molecule has 0 spiro atoms. The van der Waals surface area contributed by atoms with Gasteiger partial charge in [0.2, 0.25) is 5.91 Å². The molecule has 1 aromatic rings. The van der Waals surface area contributed by atoms with Crippen LogP contribution >= 0.6 is 11.8 Å². The van der Waals surface area contributed by atoms with Crippen molar-refractivity contribution in [1.82, 2.24) is 0 Å². The normalized spacial score (nSPS) is 18.0. The first kappa shape index (κ1) is 15.6. The van der Waals surface area contributed by atoms with E-state index >= 15 is 0 Å². The first-order valence-corrected chi connectivity index (χ1v) is 7.62. The fourth-order valence-corrected chi connectivity index (χ4v) is 3.25. The number of aliphatic carboxylic acids is 1. The minimum absolute atomic E-state index is 0.0155. The molecule has 1 atom stereocenters. The van der Waals surface area contributed by atoms with Gasteiger partial charge in [0.1, 0.15) is 0 Å². The number of hydrogen-bond donors (Lipinski definition) is 1. The minimum atomic E-state index is -0.821. The van der Waals surface area contributed by atoms with Crippen molar-refractivity contribution in [3.63, 3.8) is 0 Å². The van der Waals surface area contributed by atoms with Crippen molar-refractivity contribution >= 4 is 34.4 Å². The van der Waals surface area contributed by atoms with Crippen molar-refractivity contribution in [2.75, 3.05) is 11.4 Å². The Kier molecular flexibility index (Phi) is 5.01. The highest BCUT2D eigenvalue weighted by Gasteiger charge is 2.31. The highest BCUT2D eigenvalue weighted by atomic mass is 32.2. The van der Waals surface area contributed by atoms with Crippen LogP contribution in [0.4, 0.5) is 5.69 Å². The lowest BCUT2D eigenvalue weighted by molar-refractivity contribution is -0.137. The maximum Gasteiger partial charge on any atom is 0.303 e. The summed E-state index contributed by atoms with van der Waals surface area (Å²) in [7, 11) is 0. The number of nitrogens with zero attached hydrogens (tertiary/aromatic N) is 1. The number of amides is 1. The van der Waals surface area contributed by atoms with Crippen molar-refractivity contribution in [2.45, 2.75) is 31.4 Å². The van der Waals surface area contributed by atoms with E-state index in [1.165, 1.54) is 18.7 Å². The molecule has 21 heavy (non-hydrogen) atoms. The lowest BCUT2D eigenvalue weighted by Gasteiger charge is -2.16. The molecule has 1 aliphatic rings. The number of benzene rings is 1. The summed E-state index contributed by atoms with van der Waals surface area (Å²) in [5.74, 6) is -0.801. The van der Waals surface area contributed by atoms with Crippen LogP contribution in [0.25, 0.3) is 0 Å². The van der Waals surface area contributed by atoms with Gasteiger partial charge in [-0.15, -0.1) is 0 Å². The Morgan fingerprint density at radius 2 is 2.00 bits per heavy atom.